The highest BCUT2D eigenvalue weighted by molar-refractivity contribution is 6.10. The van der Waals surface area contributed by atoms with Crippen LogP contribution < -0.4 is 14.8 Å². The number of hydrogen-bond donors (Lipinski definition) is 1. The Hall–Kier alpha value is -5.61. The van der Waals surface area contributed by atoms with E-state index in [-0.39, 0.29) is 5.57 Å². The second-order valence-corrected chi connectivity index (χ2v) is 9.09. The quantitative estimate of drug-likeness (QED) is 0.151. The number of ether oxygens (including phenoxy) is 2. The molecule has 0 radical (unpaired) electrons. The van der Waals surface area contributed by atoms with Crippen molar-refractivity contribution < 1.29 is 14.3 Å². The normalized spacial score (nSPS) is 11.0. The van der Waals surface area contributed by atoms with Crippen molar-refractivity contribution in [2.24, 2.45) is 0 Å². The van der Waals surface area contributed by atoms with Gasteiger partial charge in [-0.25, -0.2) is 4.68 Å². The van der Waals surface area contributed by atoms with E-state index < -0.39 is 5.91 Å². The molecule has 0 saturated carbocycles. The van der Waals surface area contributed by atoms with E-state index in [9.17, 15) is 10.1 Å². The number of para-hydroxylation sites is 1. The van der Waals surface area contributed by atoms with E-state index in [1.165, 1.54) is 0 Å². The van der Waals surface area contributed by atoms with Gasteiger partial charge >= 0.3 is 0 Å². The molecule has 1 heterocycles. The summed E-state index contributed by atoms with van der Waals surface area (Å²) in [7, 11) is 0. The Bertz CT molecular complexity index is 1670. The smallest absolute Gasteiger partial charge is 0.266 e. The minimum Gasteiger partial charge on any atom is -0.494 e. The van der Waals surface area contributed by atoms with Crippen LogP contribution in [-0.4, -0.2) is 22.3 Å². The molecule has 4 aromatic carbocycles. The highest BCUT2D eigenvalue weighted by atomic mass is 16.5. The zero-order valence-electron chi connectivity index (χ0n) is 22.5. The van der Waals surface area contributed by atoms with Crippen molar-refractivity contribution in [3.05, 3.63) is 132 Å². The number of amides is 1. The molecule has 202 valence electrons. The summed E-state index contributed by atoms with van der Waals surface area (Å²) in [6.07, 6.45) is 3.37. The summed E-state index contributed by atoms with van der Waals surface area (Å²) >= 11 is 0. The van der Waals surface area contributed by atoms with Crippen LogP contribution in [-0.2, 0) is 11.4 Å². The zero-order valence-corrected chi connectivity index (χ0v) is 22.5. The van der Waals surface area contributed by atoms with Crippen LogP contribution in [0.3, 0.4) is 0 Å². The van der Waals surface area contributed by atoms with Crippen molar-refractivity contribution in [3.63, 3.8) is 0 Å². The van der Waals surface area contributed by atoms with E-state index in [0.717, 1.165) is 22.6 Å². The summed E-state index contributed by atoms with van der Waals surface area (Å²) in [6, 6.07) is 36.3. The number of benzene rings is 4. The second-order valence-electron chi connectivity index (χ2n) is 9.09. The number of nitrogens with one attached hydrogen (secondary N) is 1. The molecule has 0 bridgehead atoms. The molecule has 0 atom stereocenters. The lowest BCUT2D eigenvalue weighted by Gasteiger charge is -2.08. The van der Waals surface area contributed by atoms with Gasteiger partial charge in [-0.1, -0.05) is 48.5 Å². The molecule has 1 aromatic heterocycles. The van der Waals surface area contributed by atoms with Gasteiger partial charge in [-0.3, -0.25) is 4.79 Å². The average Bonchev–Trinajstić information content (AvgIpc) is 3.45. The van der Waals surface area contributed by atoms with Gasteiger partial charge < -0.3 is 14.8 Å². The zero-order chi connectivity index (χ0) is 28.4. The maximum Gasteiger partial charge on any atom is 0.266 e. The lowest BCUT2D eigenvalue weighted by molar-refractivity contribution is -0.112. The molecule has 0 saturated heterocycles. The molecule has 7 nitrogen and oxygen atoms in total. The molecule has 1 amide bonds. The van der Waals surface area contributed by atoms with Crippen LogP contribution in [0.2, 0.25) is 0 Å². The first-order valence-electron chi connectivity index (χ1n) is 13.2. The summed E-state index contributed by atoms with van der Waals surface area (Å²) in [5, 5.41) is 17.5. The van der Waals surface area contributed by atoms with E-state index in [2.05, 4.69) is 5.32 Å². The fraction of sp³-hybridized carbons (Fsp3) is 0.0882. The molecular formula is C34H28N4O3. The van der Waals surface area contributed by atoms with E-state index in [1.54, 1.807) is 35.0 Å². The lowest BCUT2D eigenvalue weighted by atomic mass is 10.1. The van der Waals surface area contributed by atoms with Crippen molar-refractivity contribution in [1.82, 2.24) is 9.78 Å². The fourth-order valence-corrected chi connectivity index (χ4v) is 4.18. The van der Waals surface area contributed by atoms with Crippen LogP contribution in [0, 0.1) is 11.3 Å². The highest BCUT2D eigenvalue weighted by Crippen LogP contribution is 2.28. The monoisotopic (exact) mass is 540 g/mol. The first-order chi connectivity index (χ1) is 20.1. The fourth-order valence-electron chi connectivity index (χ4n) is 4.18. The van der Waals surface area contributed by atoms with Crippen LogP contribution in [0.25, 0.3) is 23.0 Å². The third-order valence-electron chi connectivity index (χ3n) is 6.23. The first-order valence-corrected chi connectivity index (χ1v) is 13.2. The van der Waals surface area contributed by atoms with Gasteiger partial charge in [0.2, 0.25) is 0 Å². The topological polar surface area (TPSA) is 89.2 Å². The Labute approximate surface area is 238 Å². The van der Waals surface area contributed by atoms with Gasteiger partial charge in [0.25, 0.3) is 5.91 Å². The van der Waals surface area contributed by atoms with E-state index in [4.69, 9.17) is 14.6 Å². The number of hydrogen-bond acceptors (Lipinski definition) is 5. The third-order valence-corrected chi connectivity index (χ3v) is 6.23. The summed E-state index contributed by atoms with van der Waals surface area (Å²) in [6.45, 7) is 2.92. The number of carbonyl (C=O) groups is 1. The molecule has 0 spiro atoms. The number of anilines is 1. The molecule has 0 aliphatic carbocycles. The largest absolute Gasteiger partial charge is 0.494 e. The van der Waals surface area contributed by atoms with Gasteiger partial charge in [0, 0.05) is 23.0 Å². The second kappa shape index (κ2) is 13.0. The predicted octanol–water partition coefficient (Wildman–Crippen LogP) is 7.06. The molecule has 7 heteroatoms. The number of aromatic nitrogens is 2. The summed E-state index contributed by atoms with van der Waals surface area (Å²) in [4.78, 5) is 13.0. The molecule has 0 aliphatic rings. The van der Waals surface area contributed by atoms with Crippen LogP contribution in [0.5, 0.6) is 11.5 Å². The molecule has 5 rings (SSSR count). The van der Waals surface area contributed by atoms with Gasteiger partial charge in [-0.15, -0.1) is 0 Å². The molecule has 0 fully saturated rings. The Balaban J connectivity index is 1.42. The number of nitriles is 1. The van der Waals surface area contributed by atoms with Crippen LogP contribution in [0.4, 0.5) is 5.69 Å². The maximum atomic E-state index is 13.0. The van der Waals surface area contributed by atoms with Crippen LogP contribution in [0.1, 0.15) is 18.1 Å². The van der Waals surface area contributed by atoms with Gasteiger partial charge in [0.1, 0.15) is 29.7 Å². The van der Waals surface area contributed by atoms with Crippen molar-refractivity contribution in [2.45, 2.75) is 13.5 Å². The Morgan fingerprint density at radius 1 is 0.878 bits per heavy atom. The van der Waals surface area contributed by atoms with E-state index in [0.29, 0.717) is 35.9 Å². The summed E-state index contributed by atoms with van der Waals surface area (Å²) in [5.41, 5.74) is 4.53. The average molecular weight is 541 g/mol. The summed E-state index contributed by atoms with van der Waals surface area (Å²) < 4.78 is 13.1. The molecule has 0 aliphatic heterocycles. The Morgan fingerprint density at radius 3 is 2.17 bits per heavy atom. The van der Waals surface area contributed by atoms with Crippen molar-refractivity contribution in [3.8, 4) is 34.5 Å². The van der Waals surface area contributed by atoms with E-state index in [1.807, 2.05) is 104 Å². The summed E-state index contributed by atoms with van der Waals surface area (Å²) in [5.74, 6) is 0.917. The van der Waals surface area contributed by atoms with Crippen LogP contribution >= 0.6 is 0 Å². The van der Waals surface area contributed by atoms with Gasteiger partial charge in [0.05, 0.1) is 18.0 Å². The minimum absolute atomic E-state index is 0.0458. The van der Waals surface area contributed by atoms with Gasteiger partial charge in [-0.2, -0.15) is 10.4 Å². The van der Waals surface area contributed by atoms with Gasteiger partial charge in [0.15, 0.2) is 0 Å². The number of nitrogens with zero attached hydrogens (tertiary/aromatic N) is 3. The number of rotatable bonds is 10. The molecular weight excluding hydrogens is 512 g/mol. The van der Waals surface area contributed by atoms with Gasteiger partial charge in [-0.05, 0) is 79.2 Å². The third kappa shape index (κ3) is 6.88. The van der Waals surface area contributed by atoms with Crippen LogP contribution in [0.15, 0.2) is 121 Å². The SMILES string of the molecule is CCOc1ccc(NC(=O)/C(C#N)=C\c2cn(-c3ccccc3)nc2-c2ccc(OCc3ccccc3)cc2)cc1. The molecule has 41 heavy (non-hydrogen) atoms. The Morgan fingerprint density at radius 2 is 1.51 bits per heavy atom. The van der Waals surface area contributed by atoms with Crippen molar-refractivity contribution in [1.29, 1.82) is 5.26 Å². The van der Waals surface area contributed by atoms with Crippen molar-refractivity contribution >= 4 is 17.7 Å². The van der Waals surface area contributed by atoms with E-state index >= 15 is 0 Å². The molecule has 5 aromatic rings. The van der Waals surface area contributed by atoms with Crippen molar-refractivity contribution in [2.75, 3.05) is 11.9 Å². The first kappa shape index (κ1) is 27.0. The lowest BCUT2D eigenvalue weighted by Crippen LogP contribution is -2.13. The maximum absolute atomic E-state index is 13.0. The number of carbonyl (C=O) groups excluding carboxylic acids is 1. The standard InChI is InChI=1S/C34H28N4O3/c1-2-40-31-19-15-29(16-20-31)36-34(39)27(22-35)21-28-23-38(30-11-7-4-8-12-30)37-33(28)26-13-17-32(18-14-26)41-24-25-9-5-3-6-10-25/h3-21,23H,2,24H2,1H3,(H,36,39)/b27-21-. The Kier molecular flexibility index (Phi) is 8.53. The molecule has 1 N–H and O–H groups in total. The highest BCUT2D eigenvalue weighted by Gasteiger charge is 2.16. The minimum atomic E-state index is -0.514. The predicted molar refractivity (Wildman–Crippen MR) is 160 cm³/mol. The molecule has 0 unspecified atom stereocenters.